The van der Waals surface area contributed by atoms with Gasteiger partial charge >= 0.3 is 0 Å². The quantitative estimate of drug-likeness (QED) is 0.588. The van der Waals surface area contributed by atoms with E-state index in [-0.39, 0.29) is 5.91 Å². The second-order valence-corrected chi connectivity index (χ2v) is 9.26. The summed E-state index contributed by atoms with van der Waals surface area (Å²) >= 11 is 8.34. The van der Waals surface area contributed by atoms with Crippen molar-refractivity contribution in [1.29, 1.82) is 0 Å². The minimum Gasteiger partial charge on any atom is -0.341 e. The number of rotatable bonds is 4. The van der Waals surface area contributed by atoms with Gasteiger partial charge < -0.3 is 4.90 Å². The Morgan fingerprint density at radius 3 is 2.62 bits per heavy atom. The third-order valence-corrected chi connectivity index (χ3v) is 6.42. The molecule has 1 aliphatic heterocycles. The zero-order valence-electron chi connectivity index (χ0n) is 13.8. The lowest BCUT2D eigenvalue weighted by atomic mass is 9.92. The topological polar surface area (TPSA) is 38.1 Å². The molecule has 0 bridgehead atoms. The fraction of sp³-hybridized carbons (Fsp3) is 0.471. The minimum absolute atomic E-state index is 0.200. The molecule has 0 saturated carbocycles. The SMILES string of the molecule is C[C@H]1C[C@H](C)CN(C(=O)CSc2nn(-c3ccccc3)c(=S)s2)C1. The molecule has 1 aliphatic rings. The standard InChI is InChI=1S/C17H21N3OS3/c1-12-8-13(2)10-19(9-12)15(21)11-23-16-18-20(17(22)24-16)14-6-4-3-5-7-14/h3-7,12-13H,8-11H2,1-2H3/t12-,13-/m0/s1. The van der Waals surface area contributed by atoms with E-state index in [4.69, 9.17) is 12.2 Å². The Balaban J connectivity index is 1.63. The number of para-hydroxylation sites is 1. The molecular weight excluding hydrogens is 358 g/mol. The maximum Gasteiger partial charge on any atom is 0.233 e. The van der Waals surface area contributed by atoms with E-state index >= 15 is 0 Å². The van der Waals surface area contributed by atoms with Gasteiger partial charge in [-0.3, -0.25) is 4.79 Å². The number of nitrogens with zero attached hydrogens (tertiary/aromatic N) is 3. The van der Waals surface area contributed by atoms with Gasteiger partial charge in [0.2, 0.25) is 5.91 Å². The van der Waals surface area contributed by atoms with E-state index in [1.807, 2.05) is 35.2 Å². The van der Waals surface area contributed by atoms with Crippen molar-refractivity contribution >= 4 is 41.2 Å². The second-order valence-electron chi connectivity index (χ2n) is 6.41. The zero-order valence-corrected chi connectivity index (χ0v) is 16.3. The molecule has 1 aromatic carbocycles. The molecule has 2 aromatic rings. The van der Waals surface area contributed by atoms with Crippen LogP contribution in [-0.4, -0.2) is 39.4 Å². The molecule has 1 fully saturated rings. The van der Waals surface area contributed by atoms with Gasteiger partial charge in [-0.15, -0.1) is 5.10 Å². The summed E-state index contributed by atoms with van der Waals surface area (Å²) in [4.78, 5) is 14.5. The van der Waals surface area contributed by atoms with E-state index in [1.165, 1.54) is 29.5 Å². The Labute approximate surface area is 155 Å². The number of hydrogen-bond acceptors (Lipinski definition) is 5. The monoisotopic (exact) mass is 379 g/mol. The largest absolute Gasteiger partial charge is 0.341 e. The summed E-state index contributed by atoms with van der Waals surface area (Å²) in [5, 5.41) is 4.55. The van der Waals surface area contributed by atoms with Crippen LogP contribution in [0.2, 0.25) is 0 Å². The van der Waals surface area contributed by atoms with Crippen LogP contribution in [0, 0.1) is 15.8 Å². The first-order valence-electron chi connectivity index (χ1n) is 8.09. The normalized spacial score (nSPS) is 21.0. The highest BCUT2D eigenvalue weighted by molar-refractivity contribution is 8.01. The predicted molar refractivity (Wildman–Crippen MR) is 103 cm³/mol. The van der Waals surface area contributed by atoms with Gasteiger partial charge in [0.15, 0.2) is 8.29 Å². The van der Waals surface area contributed by atoms with Crippen molar-refractivity contribution in [3.63, 3.8) is 0 Å². The lowest BCUT2D eigenvalue weighted by Crippen LogP contribution is -2.43. The van der Waals surface area contributed by atoms with Crippen LogP contribution in [0.5, 0.6) is 0 Å². The zero-order chi connectivity index (χ0) is 17.1. The summed E-state index contributed by atoms with van der Waals surface area (Å²) in [7, 11) is 0. The fourth-order valence-corrected chi connectivity index (χ4v) is 5.40. The van der Waals surface area contributed by atoms with Crippen LogP contribution in [0.3, 0.4) is 0 Å². The number of aromatic nitrogens is 2. The number of thioether (sulfide) groups is 1. The van der Waals surface area contributed by atoms with Gasteiger partial charge in [0.1, 0.15) is 0 Å². The summed E-state index contributed by atoms with van der Waals surface area (Å²) in [5.74, 6) is 1.80. The molecule has 0 N–H and O–H groups in total. The molecule has 7 heteroatoms. The maximum absolute atomic E-state index is 12.5. The highest BCUT2D eigenvalue weighted by atomic mass is 32.2. The fourth-order valence-electron chi connectivity index (χ4n) is 3.13. The van der Waals surface area contributed by atoms with Crippen LogP contribution >= 0.6 is 35.3 Å². The van der Waals surface area contributed by atoms with E-state index in [1.54, 1.807) is 4.68 Å². The van der Waals surface area contributed by atoms with E-state index in [2.05, 4.69) is 18.9 Å². The third kappa shape index (κ3) is 4.26. The van der Waals surface area contributed by atoms with Crippen LogP contribution in [-0.2, 0) is 4.79 Å². The number of likely N-dealkylation sites (tertiary alicyclic amines) is 1. The molecule has 0 aliphatic carbocycles. The average Bonchev–Trinajstić information content (AvgIpc) is 2.93. The van der Waals surface area contributed by atoms with Gasteiger partial charge in [-0.05, 0) is 42.6 Å². The highest BCUT2D eigenvalue weighted by Gasteiger charge is 2.25. The van der Waals surface area contributed by atoms with Gasteiger partial charge in [-0.2, -0.15) is 0 Å². The minimum atomic E-state index is 0.200. The Hall–Kier alpha value is -1.18. The van der Waals surface area contributed by atoms with Crippen LogP contribution < -0.4 is 0 Å². The van der Waals surface area contributed by atoms with E-state index in [9.17, 15) is 4.79 Å². The van der Waals surface area contributed by atoms with Gasteiger partial charge in [0, 0.05) is 13.1 Å². The summed E-state index contributed by atoms with van der Waals surface area (Å²) in [5.41, 5.74) is 0.954. The van der Waals surface area contributed by atoms with Crippen molar-refractivity contribution in [3.8, 4) is 5.69 Å². The van der Waals surface area contributed by atoms with Gasteiger partial charge in [-0.1, -0.05) is 55.1 Å². The lowest BCUT2D eigenvalue weighted by molar-refractivity contribution is -0.130. The molecule has 2 atom stereocenters. The Morgan fingerprint density at radius 1 is 1.29 bits per heavy atom. The number of hydrogen-bond donors (Lipinski definition) is 0. The Morgan fingerprint density at radius 2 is 1.96 bits per heavy atom. The van der Waals surface area contributed by atoms with Crippen molar-refractivity contribution in [2.24, 2.45) is 11.8 Å². The van der Waals surface area contributed by atoms with Gasteiger partial charge in [0.05, 0.1) is 11.4 Å². The summed E-state index contributed by atoms with van der Waals surface area (Å²) in [6.45, 7) is 6.18. The first kappa shape index (κ1) is 17.6. The smallest absolute Gasteiger partial charge is 0.233 e. The number of carbonyl (C=O) groups is 1. The molecule has 1 amide bonds. The summed E-state index contributed by atoms with van der Waals surface area (Å²) in [6, 6.07) is 9.85. The molecule has 1 aromatic heterocycles. The first-order chi connectivity index (χ1) is 11.5. The van der Waals surface area contributed by atoms with Crippen molar-refractivity contribution in [3.05, 3.63) is 34.3 Å². The predicted octanol–water partition coefficient (Wildman–Crippen LogP) is 4.26. The number of amides is 1. The lowest BCUT2D eigenvalue weighted by Gasteiger charge is -2.34. The van der Waals surface area contributed by atoms with Crippen molar-refractivity contribution in [2.75, 3.05) is 18.8 Å². The average molecular weight is 380 g/mol. The van der Waals surface area contributed by atoms with E-state index in [0.717, 1.165) is 23.1 Å². The second kappa shape index (κ2) is 7.80. The molecule has 0 radical (unpaired) electrons. The van der Waals surface area contributed by atoms with E-state index < -0.39 is 0 Å². The summed E-state index contributed by atoms with van der Waals surface area (Å²) < 4.78 is 3.31. The van der Waals surface area contributed by atoms with Gasteiger partial charge in [0.25, 0.3) is 0 Å². The molecule has 128 valence electrons. The Kier molecular flexibility index (Phi) is 5.73. The van der Waals surface area contributed by atoms with Crippen LogP contribution in [0.25, 0.3) is 5.69 Å². The van der Waals surface area contributed by atoms with Crippen molar-refractivity contribution < 1.29 is 4.79 Å². The highest BCUT2D eigenvalue weighted by Crippen LogP contribution is 2.26. The van der Waals surface area contributed by atoms with Crippen LogP contribution in [0.15, 0.2) is 34.7 Å². The van der Waals surface area contributed by atoms with E-state index in [0.29, 0.717) is 21.5 Å². The molecule has 4 nitrogen and oxygen atoms in total. The van der Waals surface area contributed by atoms with Crippen LogP contribution in [0.1, 0.15) is 20.3 Å². The summed E-state index contributed by atoms with van der Waals surface area (Å²) in [6.07, 6.45) is 1.21. The molecule has 2 heterocycles. The molecule has 24 heavy (non-hydrogen) atoms. The molecule has 3 rings (SSSR count). The number of carbonyl (C=O) groups excluding carboxylic acids is 1. The third-order valence-electron chi connectivity index (χ3n) is 4.07. The van der Waals surface area contributed by atoms with Crippen molar-refractivity contribution in [2.45, 2.75) is 24.6 Å². The maximum atomic E-state index is 12.5. The molecule has 1 saturated heterocycles. The first-order valence-corrected chi connectivity index (χ1v) is 10.3. The Bertz CT molecular complexity index is 746. The molecular formula is C17H21N3OS3. The molecule has 0 spiro atoms. The van der Waals surface area contributed by atoms with Gasteiger partial charge in [-0.25, -0.2) is 4.68 Å². The molecule has 0 unspecified atom stereocenters. The number of benzene rings is 1. The number of piperidine rings is 1. The van der Waals surface area contributed by atoms with Crippen molar-refractivity contribution in [1.82, 2.24) is 14.7 Å². The van der Waals surface area contributed by atoms with Crippen LogP contribution in [0.4, 0.5) is 0 Å².